The Labute approximate surface area is 127 Å². The van der Waals surface area contributed by atoms with Crippen molar-refractivity contribution >= 4 is 22.8 Å². The summed E-state index contributed by atoms with van der Waals surface area (Å²) in [7, 11) is 0. The van der Waals surface area contributed by atoms with E-state index in [0.717, 1.165) is 47.9 Å². The molecule has 0 aromatic carbocycles. The molecule has 3 aromatic heterocycles. The number of aryl methyl sites for hydroxylation is 1. The van der Waals surface area contributed by atoms with E-state index in [0.29, 0.717) is 11.5 Å². The summed E-state index contributed by atoms with van der Waals surface area (Å²) in [5.74, 6) is 0.545. The molecule has 0 spiro atoms. The SMILES string of the molecule is Nc1nc(N)c2c(-c3ccncc3)c3c(nc2n1)CCCC3. The van der Waals surface area contributed by atoms with Crippen molar-refractivity contribution in [2.75, 3.05) is 11.5 Å². The van der Waals surface area contributed by atoms with Crippen LogP contribution in [0.4, 0.5) is 11.8 Å². The monoisotopic (exact) mass is 292 g/mol. The van der Waals surface area contributed by atoms with Gasteiger partial charge in [-0.2, -0.15) is 9.97 Å². The largest absolute Gasteiger partial charge is 0.383 e. The molecule has 4 rings (SSSR count). The highest BCUT2D eigenvalue weighted by Crippen LogP contribution is 2.37. The van der Waals surface area contributed by atoms with Crippen molar-refractivity contribution in [3.05, 3.63) is 35.8 Å². The normalized spacial score (nSPS) is 14.0. The van der Waals surface area contributed by atoms with Gasteiger partial charge in [-0.25, -0.2) is 4.98 Å². The number of anilines is 2. The molecular weight excluding hydrogens is 276 g/mol. The van der Waals surface area contributed by atoms with Crippen LogP contribution in [0.25, 0.3) is 22.2 Å². The Balaban J connectivity index is 2.15. The molecule has 0 fully saturated rings. The van der Waals surface area contributed by atoms with E-state index in [1.807, 2.05) is 12.1 Å². The first kappa shape index (κ1) is 12.9. The van der Waals surface area contributed by atoms with Crippen LogP contribution < -0.4 is 11.5 Å². The fraction of sp³-hybridized carbons (Fsp3) is 0.250. The lowest BCUT2D eigenvalue weighted by Crippen LogP contribution is -2.11. The molecule has 3 aromatic rings. The Hall–Kier alpha value is -2.76. The highest BCUT2D eigenvalue weighted by molar-refractivity contribution is 6.01. The Kier molecular flexibility index (Phi) is 2.89. The van der Waals surface area contributed by atoms with E-state index in [9.17, 15) is 0 Å². The smallest absolute Gasteiger partial charge is 0.224 e. The molecule has 0 unspecified atom stereocenters. The predicted molar refractivity (Wildman–Crippen MR) is 86.0 cm³/mol. The number of aromatic nitrogens is 4. The van der Waals surface area contributed by atoms with Crippen molar-refractivity contribution in [3.8, 4) is 11.1 Å². The lowest BCUT2D eigenvalue weighted by Gasteiger charge is -2.21. The molecule has 0 saturated carbocycles. The predicted octanol–water partition coefficient (Wildman–Crippen LogP) is 2.13. The van der Waals surface area contributed by atoms with E-state index in [-0.39, 0.29) is 5.95 Å². The number of nitrogens with zero attached hydrogens (tertiary/aromatic N) is 4. The average Bonchev–Trinajstić information content (AvgIpc) is 2.53. The van der Waals surface area contributed by atoms with Gasteiger partial charge in [0.1, 0.15) is 5.82 Å². The standard InChI is InChI=1S/C16H16N6/c17-14-13-12(9-5-7-19-8-6-9)10-3-1-2-4-11(10)20-15(13)22-16(18)21-14/h5-8H,1-4H2,(H4,17,18,20,21,22). The highest BCUT2D eigenvalue weighted by atomic mass is 15.1. The maximum Gasteiger partial charge on any atom is 0.224 e. The highest BCUT2D eigenvalue weighted by Gasteiger charge is 2.22. The van der Waals surface area contributed by atoms with Crippen molar-refractivity contribution in [1.82, 2.24) is 19.9 Å². The summed E-state index contributed by atoms with van der Waals surface area (Å²) in [4.78, 5) is 17.2. The average molecular weight is 292 g/mol. The van der Waals surface area contributed by atoms with Gasteiger partial charge in [0.2, 0.25) is 5.95 Å². The van der Waals surface area contributed by atoms with Crippen molar-refractivity contribution in [3.63, 3.8) is 0 Å². The summed E-state index contributed by atoms with van der Waals surface area (Å²) in [6.45, 7) is 0. The van der Waals surface area contributed by atoms with Gasteiger partial charge >= 0.3 is 0 Å². The van der Waals surface area contributed by atoms with Crippen LogP contribution in [-0.2, 0) is 12.8 Å². The minimum Gasteiger partial charge on any atom is -0.383 e. The summed E-state index contributed by atoms with van der Waals surface area (Å²) < 4.78 is 0. The van der Waals surface area contributed by atoms with Crippen molar-refractivity contribution in [2.45, 2.75) is 25.7 Å². The molecule has 1 aliphatic carbocycles. The van der Waals surface area contributed by atoms with Gasteiger partial charge in [0.15, 0.2) is 5.65 Å². The maximum absolute atomic E-state index is 6.14. The summed E-state index contributed by atoms with van der Waals surface area (Å²) in [5, 5.41) is 0.793. The molecule has 3 heterocycles. The van der Waals surface area contributed by atoms with Crippen LogP contribution in [0.15, 0.2) is 24.5 Å². The van der Waals surface area contributed by atoms with Crippen molar-refractivity contribution in [2.24, 2.45) is 0 Å². The number of nitrogen functional groups attached to an aromatic ring is 2. The van der Waals surface area contributed by atoms with Crippen LogP contribution >= 0.6 is 0 Å². The third-order valence-electron chi connectivity index (χ3n) is 4.14. The molecule has 0 saturated heterocycles. The first-order chi connectivity index (χ1) is 10.7. The summed E-state index contributed by atoms with van der Waals surface area (Å²) in [5.41, 5.74) is 17.0. The zero-order valence-corrected chi connectivity index (χ0v) is 12.1. The molecule has 110 valence electrons. The van der Waals surface area contributed by atoms with Gasteiger partial charge in [0, 0.05) is 23.7 Å². The summed E-state index contributed by atoms with van der Waals surface area (Å²) in [6, 6.07) is 3.97. The van der Waals surface area contributed by atoms with Crippen LogP contribution in [-0.4, -0.2) is 19.9 Å². The molecule has 22 heavy (non-hydrogen) atoms. The maximum atomic E-state index is 6.14. The van der Waals surface area contributed by atoms with Gasteiger partial charge in [-0.15, -0.1) is 0 Å². The molecule has 1 aliphatic rings. The van der Waals surface area contributed by atoms with E-state index in [1.165, 1.54) is 5.56 Å². The zero-order chi connectivity index (χ0) is 15.1. The molecule has 4 N–H and O–H groups in total. The molecular formula is C16H16N6. The lowest BCUT2D eigenvalue weighted by atomic mass is 9.88. The second-order valence-corrected chi connectivity index (χ2v) is 5.52. The molecule has 6 nitrogen and oxygen atoms in total. The van der Waals surface area contributed by atoms with Gasteiger partial charge in [0.25, 0.3) is 0 Å². The minimum absolute atomic E-state index is 0.161. The fourth-order valence-corrected chi connectivity index (χ4v) is 3.20. The van der Waals surface area contributed by atoms with Crippen LogP contribution in [0.1, 0.15) is 24.1 Å². The zero-order valence-electron chi connectivity index (χ0n) is 12.1. The van der Waals surface area contributed by atoms with Crippen LogP contribution in [0, 0.1) is 0 Å². The molecule has 0 amide bonds. The quantitative estimate of drug-likeness (QED) is 0.712. The van der Waals surface area contributed by atoms with Gasteiger partial charge in [0.05, 0.1) is 5.39 Å². The third kappa shape index (κ3) is 1.95. The number of fused-ring (bicyclic) bond motifs is 2. The molecule has 6 heteroatoms. The second kappa shape index (κ2) is 4.91. The molecule has 0 radical (unpaired) electrons. The number of hydrogen-bond acceptors (Lipinski definition) is 6. The van der Waals surface area contributed by atoms with E-state index in [1.54, 1.807) is 12.4 Å². The van der Waals surface area contributed by atoms with E-state index in [4.69, 9.17) is 16.5 Å². The lowest BCUT2D eigenvalue weighted by molar-refractivity contribution is 0.672. The number of nitrogens with two attached hydrogens (primary N) is 2. The Morgan fingerprint density at radius 2 is 1.68 bits per heavy atom. The van der Waals surface area contributed by atoms with Crippen molar-refractivity contribution in [1.29, 1.82) is 0 Å². The summed E-state index contributed by atoms with van der Waals surface area (Å²) >= 11 is 0. The third-order valence-corrected chi connectivity index (χ3v) is 4.14. The minimum atomic E-state index is 0.161. The molecule has 0 bridgehead atoms. The van der Waals surface area contributed by atoms with Crippen LogP contribution in [0.2, 0.25) is 0 Å². The van der Waals surface area contributed by atoms with Gasteiger partial charge < -0.3 is 11.5 Å². The van der Waals surface area contributed by atoms with E-state index >= 15 is 0 Å². The molecule has 0 aliphatic heterocycles. The first-order valence-corrected chi connectivity index (χ1v) is 7.39. The topological polar surface area (TPSA) is 104 Å². The van der Waals surface area contributed by atoms with Gasteiger partial charge in [-0.1, -0.05) is 0 Å². The Morgan fingerprint density at radius 3 is 2.50 bits per heavy atom. The number of pyridine rings is 2. The Morgan fingerprint density at radius 1 is 0.909 bits per heavy atom. The van der Waals surface area contributed by atoms with Crippen molar-refractivity contribution < 1.29 is 0 Å². The fourth-order valence-electron chi connectivity index (χ4n) is 3.20. The van der Waals surface area contributed by atoms with Gasteiger partial charge in [-0.3, -0.25) is 4.98 Å². The number of hydrogen-bond donors (Lipinski definition) is 2. The number of rotatable bonds is 1. The van der Waals surface area contributed by atoms with Gasteiger partial charge in [-0.05, 0) is 48.9 Å². The van der Waals surface area contributed by atoms with E-state index < -0.39 is 0 Å². The van der Waals surface area contributed by atoms with E-state index in [2.05, 4.69) is 15.0 Å². The second-order valence-electron chi connectivity index (χ2n) is 5.52. The van der Waals surface area contributed by atoms with Crippen LogP contribution in [0.3, 0.4) is 0 Å². The Bertz CT molecular complexity index is 860. The first-order valence-electron chi connectivity index (χ1n) is 7.39. The molecule has 0 atom stereocenters. The summed E-state index contributed by atoms with van der Waals surface area (Å²) in [6.07, 6.45) is 7.84. The van der Waals surface area contributed by atoms with Crippen LogP contribution in [0.5, 0.6) is 0 Å².